The molecule has 0 spiro atoms. The van der Waals surface area contributed by atoms with E-state index >= 15 is 0 Å². The largest absolute Gasteiger partial charge is 0.397 e. The molecule has 0 unspecified atom stereocenters. The van der Waals surface area contributed by atoms with Crippen LogP contribution in [-0.4, -0.2) is 4.98 Å². The van der Waals surface area contributed by atoms with Crippen LogP contribution >= 0.6 is 0 Å². The number of para-hydroxylation sites is 1. The molecule has 1 aromatic carbocycles. The van der Waals surface area contributed by atoms with Gasteiger partial charge in [0.15, 0.2) is 0 Å². The van der Waals surface area contributed by atoms with Gasteiger partial charge < -0.3 is 5.73 Å². The Kier molecular flexibility index (Phi) is 1.43. The lowest BCUT2D eigenvalue weighted by molar-refractivity contribution is 0.638. The summed E-state index contributed by atoms with van der Waals surface area (Å²) in [6, 6.07) is 6.40. The molecule has 0 aliphatic heterocycles. The van der Waals surface area contributed by atoms with E-state index in [0.29, 0.717) is 16.6 Å². The van der Waals surface area contributed by atoms with Crippen molar-refractivity contribution < 1.29 is 4.39 Å². The summed E-state index contributed by atoms with van der Waals surface area (Å²) in [6.45, 7) is 0. The summed E-state index contributed by atoms with van der Waals surface area (Å²) >= 11 is 0. The van der Waals surface area contributed by atoms with Crippen molar-refractivity contribution in [2.75, 3.05) is 5.73 Å². The lowest BCUT2D eigenvalue weighted by atomic mass is 10.2. The van der Waals surface area contributed by atoms with Crippen LogP contribution in [-0.2, 0) is 0 Å². The third-order valence-electron chi connectivity index (χ3n) is 1.75. The highest BCUT2D eigenvalue weighted by Gasteiger charge is 2.01. The summed E-state index contributed by atoms with van der Waals surface area (Å²) in [5.41, 5.74) is 6.63. The second-order valence-corrected chi connectivity index (χ2v) is 2.54. The minimum absolute atomic E-state index is 0.285. The molecule has 2 aromatic rings. The first-order valence-corrected chi connectivity index (χ1v) is 3.58. The van der Waals surface area contributed by atoms with Crippen molar-refractivity contribution in [1.29, 1.82) is 0 Å². The quantitative estimate of drug-likeness (QED) is 0.601. The van der Waals surface area contributed by atoms with E-state index in [1.165, 1.54) is 12.3 Å². The van der Waals surface area contributed by atoms with Gasteiger partial charge in [-0.2, -0.15) is 0 Å². The molecule has 0 atom stereocenters. The maximum atomic E-state index is 13.1. The number of benzene rings is 1. The topological polar surface area (TPSA) is 38.9 Å². The first-order valence-electron chi connectivity index (χ1n) is 3.58. The van der Waals surface area contributed by atoms with Gasteiger partial charge >= 0.3 is 0 Å². The number of rotatable bonds is 0. The average molecular weight is 162 g/mol. The first-order chi connectivity index (χ1) is 5.79. The average Bonchev–Trinajstić information content (AvgIpc) is 2.07. The highest BCUT2D eigenvalue weighted by Crippen LogP contribution is 2.19. The van der Waals surface area contributed by atoms with Crippen LogP contribution in [0.15, 0.2) is 30.5 Å². The summed E-state index contributed by atoms with van der Waals surface area (Å²) in [5, 5.41) is 0.470. The highest BCUT2D eigenvalue weighted by atomic mass is 19.1. The Hall–Kier alpha value is -1.64. The summed E-state index contributed by atoms with van der Waals surface area (Å²) in [7, 11) is 0. The molecule has 3 heteroatoms. The van der Waals surface area contributed by atoms with Crippen LogP contribution in [0.3, 0.4) is 0 Å². The van der Waals surface area contributed by atoms with Gasteiger partial charge in [0.05, 0.1) is 11.2 Å². The van der Waals surface area contributed by atoms with Crippen LogP contribution < -0.4 is 5.73 Å². The molecular formula is C9H7FN2. The van der Waals surface area contributed by atoms with Crippen molar-refractivity contribution in [3.05, 3.63) is 36.3 Å². The number of hydrogen-bond donors (Lipinski definition) is 1. The molecule has 0 amide bonds. The Morgan fingerprint density at radius 2 is 2.08 bits per heavy atom. The molecule has 1 aromatic heterocycles. The maximum absolute atomic E-state index is 13.1. The molecule has 12 heavy (non-hydrogen) atoms. The molecule has 2 N–H and O–H groups in total. The fraction of sp³-hybridized carbons (Fsp3) is 0. The number of anilines is 1. The predicted molar refractivity (Wildman–Crippen MR) is 46.1 cm³/mol. The zero-order valence-electron chi connectivity index (χ0n) is 6.29. The van der Waals surface area contributed by atoms with Gasteiger partial charge in [0, 0.05) is 11.6 Å². The summed E-state index contributed by atoms with van der Waals surface area (Å²) in [6.07, 6.45) is 1.41. The Morgan fingerprint density at radius 3 is 2.83 bits per heavy atom. The van der Waals surface area contributed by atoms with E-state index in [1.807, 2.05) is 0 Å². The number of nitrogens with two attached hydrogens (primary N) is 1. The number of fused-ring (bicyclic) bond motifs is 1. The first kappa shape index (κ1) is 7.03. The highest BCUT2D eigenvalue weighted by molar-refractivity contribution is 5.89. The minimum atomic E-state index is -0.285. The minimum Gasteiger partial charge on any atom is -0.397 e. The van der Waals surface area contributed by atoms with Gasteiger partial charge in [-0.15, -0.1) is 0 Å². The van der Waals surface area contributed by atoms with Crippen LogP contribution in [0.2, 0.25) is 0 Å². The smallest absolute Gasteiger partial charge is 0.134 e. The van der Waals surface area contributed by atoms with Crippen molar-refractivity contribution in [3.63, 3.8) is 0 Å². The SMILES string of the molecule is Nc1cccc2c(F)ccnc12. The van der Waals surface area contributed by atoms with Crippen LogP contribution in [0.5, 0.6) is 0 Å². The number of hydrogen-bond acceptors (Lipinski definition) is 2. The molecule has 2 nitrogen and oxygen atoms in total. The van der Waals surface area contributed by atoms with Crippen molar-refractivity contribution >= 4 is 16.6 Å². The van der Waals surface area contributed by atoms with Gasteiger partial charge in [-0.3, -0.25) is 4.98 Å². The van der Waals surface area contributed by atoms with Gasteiger partial charge in [0.1, 0.15) is 5.82 Å². The molecule has 0 bridgehead atoms. The van der Waals surface area contributed by atoms with Crippen molar-refractivity contribution in [2.24, 2.45) is 0 Å². The maximum Gasteiger partial charge on any atom is 0.134 e. The van der Waals surface area contributed by atoms with Crippen molar-refractivity contribution in [2.45, 2.75) is 0 Å². The molecule has 2 rings (SSSR count). The van der Waals surface area contributed by atoms with Gasteiger partial charge in [0.2, 0.25) is 0 Å². The fourth-order valence-corrected chi connectivity index (χ4v) is 1.17. The molecule has 0 fully saturated rings. The molecule has 1 heterocycles. The zero-order valence-corrected chi connectivity index (χ0v) is 6.29. The van der Waals surface area contributed by atoms with Crippen molar-refractivity contribution in [1.82, 2.24) is 4.98 Å². The third kappa shape index (κ3) is 0.906. The van der Waals surface area contributed by atoms with Crippen molar-refractivity contribution in [3.8, 4) is 0 Å². The molecule has 60 valence electrons. The summed E-state index contributed by atoms with van der Waals surface area (Å²) in [5.74, 6) is -0.285. The standard InChI is InChI=1S/C9H7FN2/c10-7-4-5-12-9-6(7)2-1-3-8(9)11/h1-5H,11H2. The second kappa shape index (κ2) is 2.44. The summed E-state index contributed by atoms with van der Waals surface area (Å²) in [4.78, 5) is 3.98. The molecular weight excluding hydrogens is 155 g/mol. The lowest BCUT2D eigenvalue weighted by Gasteiger charge is -1.99. The predicted octanol–water partition coefficient (Wildman–Crippen LogP) is 1.96. The van der Waals surface area contributed by atoms with Crippen LogP contribution in [0, 0.1) is 5.82 Å². The molecule has 0 aliphatic carbocycles. The van der Waals surface area contributed by atoms with Crippen LogP contribution in [0.4, 0.5) is 10.1 Å². The monoisotopic (exact) mass is 162 g/mol. The normalized spacial score (nSPS) is 10.4. The number of halogens is 1. The van der Waals surface area contributed by atoms with E-state index in [1.54, 1.807) is 18.2 Å². The van der Waals surface area contributed by atoms with E-state index < -0.39 is 0 Å². The number of pyridine rings is 1. The van der Waals surface area contributed by atoms with E-state index in [0.717, 1.165) is 0 Å². The van der Waals surface area contributed by atoms with Gasteiger partial charge in [-0.05, 0) is 18.2 Å². The zero-order chi connectivity index (χ0) is 8.55. The molecule has 0 saturated carbocycles. The second-order valence-electron chi connectivity index (χ2n) is 2.54. The Labute approximate surface area is 68.8 Å². The number of aromatic nitrogens is 1. The van der Waals surface area contributed by atoms with E-state index in [9.17, 15) is 4.39 Å². The van der Waals surface area contributed by atoms with E-state index in [4.69, 9.17) is 5.73 Å². The van der Waals surface area contributed by atoms with Gasteiger partial charge in [-0.25, -0.2) is 4.39 Å². The third-order valence-corrected chi connectivity index (χ3v) is 1.75. The number of nitrogen functional groups attached to an aromatic ring is 1. The van der Waals surface area contributed by atoms with E-state index in [2.05, 4.69) is 4.98 Å². The molecule has 0 radical (unpaired) electrons. The van der Waals surface area contributed by atoms with Crippen LogP contribution in [0.1, 0.15) is 0 Å². The van der Waals surface area contributed by atoms with Crippen LogP contribution in [0.25, 0.3) is 10.9 Å². The Balaban J connectivity index is 2.94. The fourth-order valence-electron chi connectivity index (χ4n) is 1.17. The lowest BCUT2D eigenvalue weighted by Crippen LogP contribution is -1.90. The Bertz CT molecular complexity index is 385. The Morgan fingerprint density at radius 1 is 1.25 bits per heavy atom. The van der Waals surface area contributed by atoms with Gasteiger partial charge in [0.25, 0.3) is 0 Å². The number of nitrogens with zero attached hydrogens (tertiary/aromatic N) is 1. The van der Waals surface area contributed by atoms with E-state index in [-0.39, 0.29) is 5.82 Å². The summed E-state index contributed by atoms with van der Waals surface area (Å²) < 4.78 is 13.1. The molecule has 0 aliphatic rings. The van der Waals surface area contributed by atoms with Gasteiger partial charge in [-0.1, -0.05) is 6.07 Å². The molecule has 0 saturated heterocycles.